The summed E-state index contributed by atoms with van der Waals surface area (Å²) in [5.74, 6) is -0.345. The van der Waals surface area contributed by atoms with Gasteiger partial charge >= 0.3 is 0 Å². The lowest BCUT2D eigenvalue weighted by molar-refractivity contribution is 0.497. The summed E-state index contributed by atoms with van der Waals surface area (Å²) in [6.07, 6.45) is 0. The summed E-state index contributed by atoms with van der Waals surface area (Å²) in [5.41, 5.74) is 1.23. The Kier molecular flexibility index (Phi) is 2.18. The molecule has 0 saturated heterocycles. The Morgan fingerprint density at radius 2 is 1.83 bits per heavy atom. The fourth-order valence-electron chi connectivity index (χ4n) is 1.08. The van der Waals surface area contributed by atoms with E-state index in [1.54, 1.807) is 13.0 Å². The van der Waals surface area contributed by atoms with Crippen molar-refractivity contribution in [1.29, 1.82) is 0 Å². The van der Waals surface area contributed by atoms with Crippen molar-refractivity contribution >= 4 is 0 Å². The number of aryl methyl sites for hydroxylation is 1. The first-order valence-corrected chi connectivity index (χ1v) is 4.05. The first-order chi connectivity index (χ1) is 5.41. The fraction of sp³-hybridized carbons (Fsp3) is 0.500. The van der Waals surface area contributed by atoms with Gasteiger partial charge < -0.3 is 0 Å². The van der Waals surface area contributed by atoms with Gasteiger partial charge in [0.25, 0.3) is 0 Å². The van der Waals surface area contributed by atoms with Crippen molar-refractivity contribution in [3.05, 3.63) is 29.3 Å². The van der Waals surface area contributed by atoms with Crippen molar-refractivity contribution < 1.29 is 4.39 Å². The second kappa shape index (κ2) is 2.85. The molecule has 1 aromatic rings. The number of pyridine rings is 1. The Morgan fingerprint density at radius 1 is 1.25 bits per heavy atom. The van der Waals surface area contributed by atoms with Gasteiger partial charge in [-0.15, -0.1) is 0 Å². The van der Waals surface area contributed by atoms with Crippen molar-refractivity contribution in [3.8, 4) is 0 Å². The molecule has 0 N–H and O–H groups in total. The molecule has 1 heterocycles. The molecule has 0 aliphatic rings. The number of nitrogens with zero attached hydrogens (tertiary/aromatic N) is 1. The average Bonchev–Trinajstić information content (AvgIpc) is 1.83. The summed E-state index contributed by atoms with van der Waals surface area (Å²) in [6, 6.07) is 3.64. The van der Waals surface area contributed by atoms with E-state index < -0.39 is 0 Å². The molecule has 0 aliphatic heterocycles. The van der Waals surface area contributed by atoms with Gasteiger partial charge in [-0.25, -0.2) is 4.98 Å². The molecule has 0 aliphatic carbocycles. The van der Waals surface area contributed by atoms with E-state index in [4.69, 9.17) is 0 Å². The zero-order valence-electron chi connectivity index (χ0n) is 7.98. The molecular weight excluding hydrogens is 153 g/mol. The van der Waals surface area contributed by atoms with Crippen LogP contribution in [0.15, 0.2) is 12.1 Å². The van der Waals surface area contributed by atoms with Crippen LogP contribution >= 0.6 is 0 Å². The van der Waals surface area contributed by atoms with E-state index in [0.717, 1.165) is 5.69 Å². The molecule has 0 radical (unpaired) electrons. The molecule has 0 aromatic carbocycles. The van der Waals surface area contributed by atoms with Gasteiger partial charge in [0.15, 0.2) is 0 Å². The Labute approximate surface area is 72.6 Å². The molecule has 0 unspecified atom stereocenters. The fourth-order valence-corrected chi connectivity index (χ4v) is 1.08. The molecule has 2 heteroatoms. The summed E-state index contributed by atoms with van der Waals surface area (Å²) in [4.78, 5) is 3.77. The molecule has 0 atom stereocenters. The summed E-state index contributed by atoms with van der Waals surface area (Å²) >= 11 is 0. The third-order valence-electron chi connectivity index (χ3n) is 1.80. The van der Waals surface area contributed by atoms with Crippen LogP contribution in [-0.2, 0) is 5.41 Å². The van der Waals surface area contributed by atoms with Crippen LogP contribution in [-0.4, -0.2) is 4.98 Å². The van der Waals surface area contributed by atoms with Gasteiger partial charge in [0.1, 0.15) is 0 Å². The van der Waals surface area contributed by atoms with Crippen LogP contribution in [0.25, 0.3) is 0 Å². The van der Waals surface area contributed by atoms with E-state index >= 15 is 0 Å². The summed E-state index contributed by atoms with van der Waals surface area (Å²) in [7, 11) is 0. The van der Waals surface area contributed by atoms with Crippen LogP contribution in [0.4, 0.5) is 4.39 Å². The average molecular weight is 167 g/mol. The molecule has 66 valence electrons. The minimum atomic E-state index is -0.345. The molecule has 0 amide bonds. The van der Waals surface area contributed by atoms with Crippen molar-refractivity contribution in [2.45, 2.75) is 33.1 Å². The third kappa shape index (κ3) is 1.81. The largest absolute Gasteiger partial charge is 0.225 e. The summed E-state index contributed by atoms with van der Waals surface area (Å²) in [6.45, 7) is 7.71. The van der Waals surface area contributed by atoms with Crippen molar-refractivity contribution in [2.75, 3.05) is 0 Å². The molecule has 1 aromatic heterocycles. The molecule has 1 nitrogen and oxygen atoms in total. The highest BCUT2D eigenvalue weighted by Crippen LogP contribution is 2.23. The van der Waals surface area contributed by atoms with Crippen molar-refractivity contribution in [1.82, 2.24) is 4.98 Å². The van der Waals surface area contributed by atoms with E-state index in [1.807, 2.05) is 26.8 Å². The first kappa shape index (κ1) is 9.17. The number of halogens is 1. The lowest BCUT2D eigenvalue weighted by atomic mass is 9.88. The Bertz CT molecular complexity index is 286. The molecule has 0 fully saturated rings. The van der Waals surface area contributed by atoms with Gasteiger partial charge in [-0.3, -0.25) is 0 Å². The van der Waals surface area contributed by atoms with E-state index in [-0.39, 0.29) is 11.4 Å². The van der Waals surface area contributed by atoms with E-state index in [2.05, 4.69) is 4.98 Å². The predicted octanol–water partition coefficient (Wildman–Crippen LogP) is 2.83. The highest BCUT2D eigenvalue weighted by Gasteiger charge is 2.18. The minimum absolute atomic E-state index is 0.162. The maximum atomic E-state index is 13.2. The van der Waals surface area contributed by atoms with E-state index in [9.17, 15) is 4.39 Å². The van der Waals surface area contributed by atoms with Crippen LogP contribution in [0, 0.1) is 12.9 Å². The van der Waals surface area contributed by atoms with Crippen LogP contribution in [0.1, 0.15) is 32.0 Å². The van der Waals surface area contributed by atoms with Gasteiger partial charge in [-0.05, 0) is 18.4 Å². The van der Waals surface area contributed by atoms with Crippen LogP contribution < -0.4 is 0 Å². The van der Waals surface area contributed by atoms with Gasteiger partial charge in [-0.1, -0.05) is 26.8 Å². The maximum absolute atomic E-state index is 13.2. The number of aromatic nitrogens is 1. The van der Waals surface area contributed by atoms with E-state index in [0.29, 0.717) is 5.56 Å². The maximum Gasteiger partial charge on any atom is 0.216 e. The third-order valence-corrected chi connectivity index (χ3v) is 1.80. The molecule has 1 rings (SSSR count). The SMILES string of the molecule is Cc1ccc(C(C)(C)C)c(F)n1. The monoisotopic (exact) mass is 167 g/mol. The number of hydrogen-bond acceptors (Lipinski definition) is 1. The zero-order chi connectivity index (χ0) is 9.35. The first-order valence-electron chi connectivity index (χ1n) is 4.05. The van der Waals surface area contributed by atoms with Crippen molar-refractivity contribution in [2.24, 2.45) is 0 Å². The Morgan fingerprint density at radius 3 is 2.25 bits per heavy atom. The lowest BCUT2D eigenvalue weighted by Crippen LogP contribution is -2.14. The number of rotatable bonds is 0. The zero-order valence-corrected chi connectivity index (χ0v) is 7.98. The van der Waals surface area contributed by atoms with Crippen LogP contribution in [0.3, 0.4) is 0 Å². The molecule has 0 spiro atoms. The second-order valence-electron chi connectivity index (χ2n) is 4.04. The summed E-state index contributed by atoms with van der Waals surface area (Å²) < 4.78 is 13.2. The molecule has 12 heavy (non-hydrogen) atoms. The lowest BCUT2D eigenvalue weighted by Gasteiger charge is -2.18. The van der Waals surface area contributed by atoms with Crippen molar-refractivity contribution in [3.63, 3.8) is 0 Å². The van der Waals surface area contributed by atoms with Gasteiger partial charge in [0.05, 0.1) is 0 Å². The standard InChI is InChI=1S/C10H14FN/c1-7-5-6-8(9(11)12-7)10(2,3)4/h5-6H,1-4H3. The summed E-state index contributed by atoms with van der Waals surface area (Å²) in [5, 5.41) is 0. The molecule has 0 saturated carbocycles. The Hall–Kier alpha value is -0.920. The van der Waals surface area contributed by atoms with Gasteiger partial charge in [-0.2, -0.15) is 4.39 Å². The van der Waals surface area contributed by atoms with Crippen LogP contribution in [0.5, 0.6) is 0 Å². The van der Waals surface area contributed by atoms with Gasteiger partial charge in [0.2, 0.25) is 5.95 Å². The molecule has 0 bridgehead atoms. The normalized spacial score (nSPS) is 11.8. The Balaban J connectivity index is 3.19. The minimum Gasteiger partial charge on any atom is -0.225 e. The highest BCUT2D eigenvalue weighted by atomic mass is 19.1. The predicted molar refractivity (Wildman–Crippen MR) is 47.6 cm³/mol. The smallest absolute Gasteiger partial charge is 0.216 e. The van der Waals surface area contributed by atoms with Crippen LogP contribution in [0.2, 0.25) is 0 Å². The highest BCUT2D eigenvalue weighted by molar-refractivity contribution is 5.22. The van der Waals surface area contributed by atoms with Gasteiger partial charge in [0, 0.05) is 11.3 Å². The second-order valence-corrected chi connectivity index (χ2v) is 4.04. The van der Waals surface area contributed by atoms with E-state index in [1.165, 1.54) is 0 Å². The quantitative estimate of drug-likeness (QED) is 0.541. The molecular formula is C10H14FN. The number of hydrogen-bond donors (Lipinski definition) is 0. The topological polar surface area (TPSA) is 12.9 Å².